The standard InChI is InChI=1S/C24H20ClN5O5/c25-15-3-1-14(2-4-15)10-29-12-27-22-18(23(29)31)8-19(21(28-22)20-9-26-13-34-20)35-17-5-6-30-16(7-17)11-33-24(30)32/h1-4,8-9,12-13,16-17H,5-7,10-11H2/t16-,17-/m0/s1. The summed E-state index contributed by atoms with van der Waals surface area (Å²) in [6.45, 7) is 1.23. The predicted octanol–water partition coefficient (Wildman–Crippen LogP) is 3.51. The van der Waals surface area contributed by atoms with Gasteiger partial charge in [0.15, 0.2) is 23.5 Å². The third-order valence-corrected chi connectivity index (χ3v) is 6.56. The lowest BCUT2D eigenvalue weighted by Gasteiger charge is -2.32. The molecule has 178 valence electrons. The molecule has 1 amide bonds. The lowest BCUT2D eigenvalue weighted by Crippen LogP contribution is -2.44. The molecular weight excluding hydrogens is 474 g/mol. The van der Waals surface area contributed by atoms with Crippen molar-refractivity contribution in [3.05, 3.63) is 70.2 Å². The molecule has 0 aliphatic carbocycles. The first-order valence-corrected chi connectivity index (χ1v) is 11.6. The Bertz CT molecular complexity index is 1450. The molecule has 0 spiro atoms. The van der Waals surface area contributed by atoms with Crippen LogP contribution in [0.3, 0.4) is 0 Å². The minimum absolute atomic E-state index is 0.0262. The Kier molecular flexibility index (Phi) is 5.37. The second kappa shape index (κ2) is 8.70. The highest BCUT2D eigenvalue weighted by Gasteiger charge is 2.39. The molecule has 2 fully saturated rings. The van der Waals surface area contributed by atoms with Crippen molar-refractivity contribution in [2.24, 2.45) is 0 Å². The molecule has 35 heavy (non-hydrogen) atoms. The molecule has 0 N–H and O–H groups in total. The fourth-order valence-electron chi connectivity index (χ4n) is 4.52. The Balaban J connectivity index is 1.36. The first kappa shape index (κ1) is 21.6. The molecule has 5 heterocycles. The van der Waals surface area contributed by atoms with Crippen LogP contribution in [0.15, 0.2) is 58.5 Å². The summed E-state index contributed by atoms with van der Waals surface area (Å²) in [5.41, 5.74) is 1.38. The maximum atomic E-state index is 13.3. The van der Waals surface area contributed by atoms with Crippen molar-refractivity contribution in [3.63, 3.8) is 0 Å². The van der Waals surface area contributed by atoms with E-state index in [9.17, 15) is 9.59 Å². The van der Waals surface area contributed by atoms with Gasteiger partial charge in [-0.25, -0.2) is 19.7 Å². The van der Waals surface area contributed by atoms with Crippen LogP contribution in [0, 0.1) is 0 Å². The Morgan fingerprint density at radius 2 is 2.06 bits per heavy atom. The number of nitrogens with zero attached hydrogens (tertiary/aromatic N) is 5. The largest absolute Gasteiger partial charge is 0.488 e. The van der Waals surface area contributed by atoms with Gasteiger partial charge in [-0.05, 0) is 23.8 Å². The molecule has 2 aliphatic heterocycles. The molecule has 11 heteroatoms. The van der Waals surface area contributed by atoms with Gasteiger partial charge in [-0.1, -0.05) is 23.7 Å². The van der Waals surface area contributed by atoms with Crippen molar-refractivity contribution >= 4 is 28.7 Å². The second-order valence-corrected chi connectivity index (χ2v) is 9.00. The number of pyridine rings is 1. The predicted molar refractivity (Wildman–Crippen MR) is 125 cm³/mol. The molecule has 10 nitrogen and oxygen atoms in total. The van der Waals surface area contributed by atoms with E-state index in [4.69, 9.17) is 25.5 Å². The number of cyclic esters (lactones) is 1. The highest BCUT2D eigenvalue weighted by molar-refractivity contribution is 6.30. The highest BCUT2D eigenvalue weighted by atomic mass is 35.5. The normalized spacial score (nSPS) is 19.6. The van der Waals surface area contributed by atoms with Gasteiger partial charge < -0.3 is 18.8 Å². The van der Waals surface area contributed by atoms with Crippen molar-refractivity contribution in [2.45, 2.75) is 31.5 Å². The smallest absolute Gasteiger partial charge is 0.410 e. The zero-order valence-corrected chi connectivity index (χ0v) is 19.2. The molecule has 2 saturated heterocycles. The molecule has 4 aromatic rings. The van der Waals surface area contributed by atoms with Crippen molar-refractivity contribution in [2.75, 3.05) is 13.2 Å². The van der Waals surface area contributed by atoms with Gasteiger partial charge in [0.2, 0.25) is 0 Å². The Hall–Kier alpha value is -3.92. The number of benzene rings is 1. The summed E-state index contributed by atoms with van der Waals surface area (Å²) in [7, 11) is 0. The monoisotopic (exact) mass is 493 g/mol. The van der Waals surface area contributed by atoms with Crippen LogP contribution in [0.1, 0.15) is 18.4 Å². The molecule has 0 saturated carbocycles. The van der Waals surface area contributed by atoms with Crippen LogP contribution in [-0.4, -0.2) is 55.8 Å². The van der Waals surface area contributed by atoms with Gasteiger partial charge in [-0.3, -0.25) is 9.36 Å². The summed E-state index contributed by atoms with van der Waals surface area (Å²) < 4.78 is 18.5. The summed E-state index contributed by atoms with van der Waals surface area (Å²) in [6.07, 6.45) is 5.11. The number of amides is 1. The Morgan fingerprint density at radius 3 is 2.86 bits per heavy atom. The van der Waals surface area contributed by atoms with E-state index in [1.165, 1.54) is 23.5 Å². The van der Waals surface area contributed by atoms with E-state index in [2.05, 4.69) is 15.0 Å². The highest BCUT2D eigenvalue weighted by Crippen LogP contribution is 2.33. The van der Waals surface area contributed by atoms with E-state index in [0.717, 1.165) is 5.56 Å². The van der Waals surface area contributed by atoms with Crippen LogP contribution >= 0.6 is 11.6 Å². The van der Waals surface area contributed by atoms with Crippen molar-refractivity contribution in [1.29, 1.82) is 0 Å². The first-order valence-electron chi connectivity index (χ1n) is 11.2. The van der Waals surface area contributed by atoms with E-state index < -0.39 is 0 Å². The summed E-state index contributed by atoms with van der Waals surface area (Å²) in [5, 5.41) is 0.958. The van der Waals surface area contributed by atoms with Gasteiger partial charge >= 0.3 is 6.09 Å². The van der Waals surface area contributed by atoms with E-state index in [0.29, 0.717) is 60.2 Å². The number of piperidine rings is 1. The summed E-state index contributed by atoms with van der Waals surface area (Å²) >= 11 is 5.97. The maximum absolute atomic E-state index is 13.3. The SMILES string of the molecule is O=C1OC[C@@H]2C[C@@H](Oc3cc4c(=O)n(Cc5ccc(Cl)cc5)cnc4nc3-c3cnco3)CCN12. The van der Waals surface area contributed by atoms with Crippen molar-refractivity contribution < 1.29 is 18.7 Å². The van der Waals surface area contributed by atoms with Gasteiger partial charge in [0.1, 0.15) is 24.8 Å². The fraction of sp³-hybridized carbons (Fsp3) is 0.292. The lowest BCUT2D eigenvalue weighted by molar-refractivity contribution is 0.0938. The van der Waals surface area contributed by atoms with E-state index in [1.807, 2.05) is 12.1 Å². The third kappa shape index (κ3) is 4.10. The average Bonchev–Trinajstić information content (AvgIpc) is 3.53. The molecule has 2 aliphatic rings. The number of carbonyl (C=O) groups excluding carboxylic acids is 1. The molecule has 1 aromatic carbocycles. The van der Waals surface area contributed by atoms with Crippen LogP contribution in [0.2, 0.25) is 5.02 Å². The molecule has 6 rings (SSSR count). The maximum Gasteiger partial charge on any atom is 0.410 e. The quantitative estimate of drug-likeness (QED) is 0.415. The van der Waals surface area contributed by atoms with Crippen molar-refractivity contribution in [1.82, 2.24) is 24.4 Å². The van der Waals surface area contributed by atoms with Gasteiger partial charge in [0.25, 0.3) is 5.56 Å². The number of rotatable bonds is 5. The van der Waals surface area contributed by atoms with Crippen LogP contribution in [0.25, 0.3) is 22.5 Å². The van der Waals surface area contributed by atoms with Gasteiger partial charge in [-0.2, -0.15) is 0 Å². The van der Waals surface area contributed by atoms with Gasteiger partial charge in [-0.15, -0.1) is 0 Å². The fourth-order valence-corrected chi connectivity index (χ4v) is 4.65. The Labute approximate surface area is 204 Å². The van der Waals surface area contributed by atoms with Crippen LogP contribution in [-0.2, 0) is 11.3 Å². The molecule has 0 unspecified atom stereocenters. The summed E-state index contributed by atoms with van der Waals surface area (Å²) in [5.74, 6) is 0.812. The van der Waals surface area contributed by atoms with Gasteiger partial charge in [0, 0.05) is 24.4 Å². The first-order chi connectivity index (χ1) is 17.0. The lowest BCUT2D eigenvalue weighted by atomic mass is 10.0. The minimum atomic E-state index is -0.282. The number of hydrogen-bond donors (Lipinski definition) is 0. The van der Waals surface area contributed by atoms with E-state index >= 15 is 0 Å². The van der Waals surface area contributed by atoms with Crippen LogP contribution in [0.5, 0.6) is 5.75 Å². The number of ether oxygens (including phenoxy) is 2. The number of halogens is 1. The zero-order valence-electron chi connectivity index (χ0n) is 18.5. The van der Waals surface area contributed by atoms with Crippen LogP contribution in [0.4, 0.5) is 4.79 Å². The number of aromatic nitrogens is 4. The van der Waals surface area contributed by atoms with E-state index in [1.54, 1.807) is 23.1 Å². The number of fused-ring (bicyclic) bond motifs is 2. The summed E-state index contributed by atoms with van der Waals surface area (Å²) in [4.78, 5) is 39.9. The topological polar surface area (TPSA) is 113 Å². The minimum Gasteiger partial charge on any atom is -0.488 e. The third-order valence-electron chi connectivity index (χ3n) is 6.31. The van der Waals surface area contributed by atoms with Crippen molar-refractivity contribution in [3.8, 4) is 17.2 Å². The molecular formula is C24H20ClN5O5. The van der Waals surface area contributed by atoms with E-state index in [-0.39, 0.29) is 29.4 Å². The molecule has 3 aromatic heterocycles. The molecule has 0 radical (unpaired) electrons. The number of hydrogen-bond acceptors (Lipinski definition) is 8. The Morgan fingerprint density at radius 1 is 1.20 bits per heavy atom. The van der Waals surface area contributed by atoms with Crippen LogP contribution < -0.4 is 10.3 Å². The molecule has 0 bridgehead atoms. The number of carbonyl (C=O) groups is 1. The second-order valence-electron chi connectivity index (χ2n) is 8.56. The van der Waals surface area contributed by atoms with Gasteiger partial charge in [0.05, 0.1) is 24.2 Å². The zero-order chi connectivity index (χ0) is 23.9. The number of oxazole rings is 1. The average molecular weight is 494 g/mol. The molecule has 2 atom stereocenters. The summed E-state index contributed by atoms with van der Waals surface area (Å²) in [6, 6.07) is 8.92.